The van der Waals surface area contributed by atoms with Gasteiger partial charge in [-0.25, -0.2) is 0 Å². The first kappa shape index (κ1) is 15.4. The highest BCUT2D eigenvalue weighted by Gasteiger charge is 2.34. The average molecular weight is 266 g/mol. The molecule has 1 N–H and O–H groups in total. The summed E-state index contributed by atoms with van der Waals surface area (Å²) in [7, 11) is 0. The predicted octanol–water partition coefficient (Wildman–Crippen LogP) is 5.03. The summed E-state index contributed by atoms with van der Waals surface area (Å²) in [6.45, 7) is 7.05. The SMILES string of the molecule is CCCC1CCC(C(O)C2CCC(C)C(C)C2)CC1. The molecule has 0 aromatic carbocycles. The van der Waals surface area contributed by atoms with Crippen molar-refractivity contribution in [2.75, 3.05) is 0 Å². The van der Waals surface area contributed by atoms with Gasteiger partial charge in [0, 0.05) is 0 Å². The van der Waals surface area contributed by atoms with Crippen molar-refractivity contribution in [1.82, 2.24) is 0 Å². The Labute approximate surface area is 120 Å². The molecule has 2 saturated carbocycles. The van der Waals surface area contributed by atoms with Crippen LogP contribution in [0, 0.1) is 29.6 Å². The van der Waals surface area contributed by atoms with Crippen LogP contribution in [-0.4, -0.2) is 11.2 Å². The smallest absolute Gasteiger partial charge is 0.0596 e. The topological polar surface area (TPSA) is 20.2 Å². The Hall–Kier alpha value is -0.0400. The van der Waals surface area contributed by atoms with Crippen LogP contribution in [0.4, 0.5) is 0 Å². The van der Waals surface area contributed by atoms with Crippen LogP contribution in [0.15, 0.2) is 0 Å². The van der Waals surface area contributed by atoms with Gasteiger partial charge in [-0.05, 0) is 55.3 Å². The molecule has 19 heavy (non-hydrogen) atoms. The molecule has 0 aromatic heterocycles. The van der Waals surface area contributed by atoms with Crippen LogP contribution < -0.4 is 0 Å². The zero-order chi connectivity index (χ0) is 13.8. The molecule has 4 atom stereocenters. The second kappa shape index (κ2) is 7.11. The third-order valence-corrected chi connectivity index (χ3v) is 6.19. The van der Waals surface area contributed by atoms with Gasteiger partial charge in [-0.2, -0.15) is 0 Å². The molecule has 0 aliphatic heterocycles. The lowest BCUT2D eigenvalue weighted by Crippen LogP contribution is -2.36. The van der Waals surface area contributed by atoms with Gasteiger partial charge >= 0.3 is 0 Å². The Morgan fingerprint density at radius 1 is 0.895 bits per heavy atom. The molecule has 0 saturated heterocycles. The Morgan fingerprint density at radius 3 is 2.11 bits per heavy atom. The fourth-order valence-electron chi connectivity index (χ4n) is 4.51. The molecule has 4 unspecified atom stereocenters. The van der Waals surface area contributed by atoms with Gasteiger partial charge in [-0.15, -0.1) is 0 Å². The lowest BCUT2D eigenvalue weighted by molar-refractivity contribution is -0.00361. The summed E-state index contributed by atoms with van der Waals surface area (Å²) < 4.78 is 0. The van der Waals surface area contributed by atoms with E-state index >= 15 is 0 Å². The zero-order valence-electron chi connectivity index (χ0n) is 13.3. The molecule has 1 nitrogen and oxygen atoms in total. The van der Waals surface area contributed by atoms with E-state index in [2.05, 4.69) is 20.8 Å². The van der Waals surface area contributed by atoms with E-state index in [1.165, 1.54) is 57.8 Å². The summed E-state index contributed by atoms with van der Waals surface area (Å²) in [5.74, 6) is 3.84. The molecule has 0 aromatic rings. The number of hydrogen-bond acceptors (Lipinski definition) is 1. The first-order chi connectivity index (χ1) is 9.11. The van der Waals surface area contributed by atoms with Crippen molar-refractivity contribution in [2.45, 2.75) is 84.7 Å². The highest BCUT2D eigenvalue weighted by atomic mass is 16.3. The zero-order valence-corrected chi connectivity index (χ0v) is 13.3. The molecule has 1 heteroatoms. The molecular weight excluding hydrogens is 232 g/mol. The molecular formula is C18H34O. The maximum Gasteiger partial charge on any atom is 0.0596 e. The Morgan fingerprint density at radius 2 is 1.53 bits per heavy atom. The maximum absolute atomic E-state index is 10.7. The monoisotopic (exact) mass is 266 g/mol. The molecule has 0 heterocycles. The first-order valence-electron chi connectivity index (χ1n) is 8.79. The van der Waals surface area contributed by atoms with Crippen molar-refractivity contribution in [1.29, 1.82) is 0 Å². The molecule has 2 rings (SSSR count). The number of aliphatic hydroxyl groups is 1. The third kappa shape index (κ3) is 3.97. The van der Waals surface area contributed by atoms with Gasteiger partial charge in [0.1, 0.15) is 0 Å². The molecule has 0 radical (unpaired) electrons. The highest BCUT2D eigenvalue weighted by molar-refractivity contribution is 4.85. The minimum absolute atomic E-state index is 0.00229. The summed E-state index contributed by atoms with van der Waals surface area (Å²) >= 11 is 0. The van der Waals surface area contributed by atoms with Gasteiger partial charge in [0.25, 0.3) is 0 Å². The summed E-state index contributed by atoms with van der Waals surface area (Å²) in [5.41, 5.74) is 0. The van der Waals surface area contributed by atoms with Crippen LogP contribution in [0.25, 0.3) is 0 Å². The average Bonchev–Trinajstić information content (AvgIpc) is 2.42. The second-order valence-corrected chi connectivity index (χ2v) is 7.59. The summed E-state index contributed by atoms with van der Waals surface area (Å²) in [6.07, 6.45) is 11.9. The standard InChI is InChI=1S/C18H34O/c1-4-5-15-7-10-16(11-8-15)18(19)17-9-6-13(2)14(3)12-17/h13-19H,4-12H2,1-3H3. The van der Waals surface area contributed by atoms with Crippen molar-refractivity contribution in [3.8, 4) is 0 Å². The van der Waals surface area contributed by atoms with Gasteiger partial charge in [-0.1, -0.05) is 52.9 Å². The lowest BCUT2D eigenvalue weighted by atomic mass is 9.68. The molecule has 2 aliphatic carbocycles. The lowest BCUT2D eigenvalue weighted by Gasteiger charge is -2.39. The van der Waals surface area contributed by atoms with Crippen LogP contribution in [0.1, 0.15) is 78.6 Å². The third-order valence-electron chi connectivity index (χ3n) is 6.19. The Kier molecular flexibility index (Phi) is 5.74. The van der Waals surface area contributed by atoms with E-state index in [1.807, 2.05) is 0 Å². The van der Waals surface area contributed by atoms with E-state index in [0.29, 0.717) is 11.8 Å². The van der Waals surface area contributed by atoms with E-state index in [4.69, 9.17) is 0 Å². The van der Waals surface area contributed by atoms with Crippen molar-refractivity contribution >= 4 is 0 Å². The van der Waals surface area contributed by atoms with Gasteiger partial charge in [0.05, 0.1) is 6.10 Å². The fraction of sp³-hybridized carbons (Fsp3) is 1.00. The van der Waals surface area contributed by atoms with Crippen LogP contribution >= 0.6 is 0 Å². The van der Waals surface area contributed by atoms with Gasteiger partial charge in [-0.3, -0.25) is 0 Å². The quantitative estimate of drug-likeness (QED) is 0.757. The van der Waals surface area contributed by atoms with E-state index in [0.717, 1.165) is 17.8 Å². The number of aliphatic hydroxyl groups excluding tert-OH is 1. The normalized spacial score (nSPS) is 42.0. The van der Waals surface area contributed by atoms with Gasteiger partial charge in [0.15, 0.2) is 0 Å². The van der Waals surface area contributed by atoms with E-state index in [1.54, 1.807) is 0 Å². The molecule has 0 amide bonds. The largest absolute Gasteiger partial charge is 0.393 e. The molecule has 0 bridgehead atoms. The summed E-state index contributed by atoms with van der Waals surface area (Å²) in [5, 5.41) is 10.7. The minimum Gasteiger partial charge on any atom is -0.393 e. The van der Waals surface area contributed by atoms with Gasteiger partial charge < -0.3 is 5.11 Å². The van der Waals surface area contributed by atoms with Crippen LogP contribution in [0.5, 0.6) is 0 Å². The number of hydrogen-bond donors (Lipinski definition) is 1. The Balaban J connectivity index is 1.79. The van der Waals surface area contributed by atoms with Crippen molar-refractivity contribution in [2.24, 2.45) is 29.6 Å². The molecule has 0 spiro atoms. The van der Waals surface area contributed by atoms with E-state index in [-0.39, 0.29) is 6.10 Å². The van der Waals surface area contributed by atoms with Crippen molar-refractivity contribution in [3.63, 3.8) is 0 Å². The summed E-state index contributed by atoms with van der Waals surface area (Å²) in [4.78, 5) is 0. The van der Waals surface area contributed by atoms with Crippen LogP contribution in [0.2, 0.25) is 0 Å². The van der Waals surface area contributed by atoms with Crippen LogP contribution in [0.3, 0.4) is 0 Å². The predicted molar refractivity (Wildman–Crippen MR) is 82.0 cm³/mol. The Bertz CT molecular complexity index is 254. The number of rotatable bonds is 4. The molecule has 2 aliphatic rings. The second-order valence-electron chi connectivity index (χ2n) is 7.59. The maximum atomic E-state index is 10.7. The van der Waals surface area contributed by atoms with Crippen LogP contribution in [-0.2, 0) is 0 Å². The van der Waals surface area contributed by atoms with E-state index in [9.17, 15) is 5.11 Å². The summed E-state index contributed by atoms with van der Waals surface area (Å²) in [6, 6.07) is 0. The molecule has 112 valence electrons. The van der Waals surface area contributed by atoms with Crippen molar-refractivity contribution in [3.05, 3.63) is 0 Å². The highest BCUT2D eigenvalue weighted by Crippen LogP contribution is 2.41. The first-order valence-corrected chi connectivity index (χ1v) is 8.79. The fourth-order valence-corrected chi connectivity index (χ4v) is 4.51. The molecule has 2 fully saturated rings. The van der Waals surface area contributed by atoms with Crippen molar-refractivity contribution < 1.29 is 5.11 Å². The van der Waals surface area contributed by atoms with Gasteiger partial charge in [0.2, 0.25) is 0 Å². The van der Waals surface area contributed by atoms with E-state index < -0.39 is 0 Å². The minimum atomic E-state index is -0.00229.